The van der Waals surface area contributed by atoms with Crippen molar-refractivity contribution in [1.29, 1.82) is 0 Å². The maximum absolute atomic E-state index is 12.8. The van der Waals surface area contributed by atoms with Crippen molar-refractivity contribution < 1.29 is 4.79 Å². The number of carbonyl (C=O) groups is 1. The molecule has 0 saturated carbocycles. The van der Waals surface area contributed by atoms with Crippen molar-refractivity contribution in [1.82, 2.24) is 24.3 Å². The lowest BCUT2D eigenvalue weighted by molar-refractivity contribution is 0.103. The SMILES string of the molecule is Cc1cccc(C)c1NC(=O)c1cnc(Nc2ccc3cnn(CCn4ccnc4)c3c2)s1. The Morgan fingerprint density at radius 1 is 1.09 bits per heavy atom. The summed E-state index contributed by atoms with van der Waals surface area (Å²) >= 11 is 1.32. The van der Waals surface area contributed by atoms with E-state index in [2.05, 4.69) is 25.7 Å². The van der Waals surface area contributed by atoms with Crippen LogP contribution in [0.15, 0.2) is 67.5 Å². The first-order valence-corrected chi connectivity index (χ1v) is 11.4. The van der Waals surface area contributed by atoms with Crippen LogP contribution in [0.1, 0.15) is 20.8 Å². The van der Waals surface area contributed by atoms with Gasteiger partial charge in [-0.3, -0.25) is 9.48 Å². The molecule has 33 heavy (non-hydrogen) atoms. The topological polar surface area (TPSA) is 89.7 Å². The molecular weight excluding hydrogens is 434 g/mol. The van der Waals surface area contributed by atoms with E-state index in [0.717, 1.165) is 46.5 Å². The molecule has 5 rings (SSSR count). The van der Waals surface area contributed by atoms with Gasteiger partial charge in [-0.25, -0.2) is 9.97 Å². The molecule has 3 heterocycles. The minimum absolute atomic E-state index is 0.161. The molecule has 0 bridgehead atoms. The molecule has 8 nitrogen and oxygen atoms in total. The zero-order chi connectivity index (χ0) is 22.8. The molecule has 9 heteroatoms. The van der Waals surface area contributed by atoms with E-state index in [1.165, 1.54) is 11.3 Å². The highest BCUT2D eigenvalue weighted by Gasteiger charge is 2.14. The molecule has 3 aromatic heterocycles. The fourth-order valence-corrected chi connectivity index (χ4v) is 4.43. The Kier molecular flexibility index (Phi) is 5.62. The Balaban J connectivity index is 1.30. The molecule has 0 unspecified atom stereocenters. The summed E-state index contributed by atoms with van der Waals surface area (Å²) in [6, 6.07) is 12.0. The van der Waals surface area contributed by atoms with E-state index in [4.69, 9.17) is 0 Å². The molecule has 2 aromatic carbocycles. The normalized spacial score (nSPS) is 11.1. The molecule has 0 saturated heterocycles. The van der Waals surface area contributed by atoms with Gasteiger partial charge in [0.05, 0.1) is 30.8 Å². The van der Waals surface area contributed by atoms with Gasteiger partial charge in [0.1, 0.15) is 4.88 Å². The summed E-state index contributed by atoms with van der Waals surface area (Å²) in [5.74, 6) is -0.161. The Hall–Kier alpha value is -3.98. The van der Waals surface area contributed by atoms with E-state index >= 15 is 0 Å². The van der Waals surface area contributed by atoms with Gasteiger partial charge in [-0.1, -0.05) is 29.5 Å². The van der Waals surface area contributed by atoms with Crippen molar-refractivity contribution >= 4 is 44.7 Å². The fourth-order valence-electron chi connectivity index (χ4n) is 3.70. The second kappa shape index (κ2) is 8.87. The number of benzene rings is 2. The molecule has 0 radical (unpaired) electrons. The van der Waals surface area contributed by atoms with Gasteiger partial charge in [-0.2, -0.15) is 5.10 Å². The van der Waals surface area contributed by atoms with E-state index in [1.54, 1.807) is 18.7 Å². The van der Waals surface area contributed by atoms with Crippen LogP contribution in [0.2, 0.25) is 0 Å². The fraction of sp³-hybridized carbons (Fsp3) is 0.167. The number of fused-ring (bicyclic) bond motifs is 1. The summed E-state index contributed by atoms with van der Waals surface area (Å²) < 4.78 is 4.00. The summed E-state index contributed by atoms with van der Waals surface area (Å²) in [4.78, 5) is 21.8. The number of para-hydroxylation sites is 1. The average Bonchev–Trinajstić information content (AvgIpc) is 3.56. The number of thiazole rings is 1. The standard InChI is InChI=1S/C24H23N7OS/c1-16-4-3-5-17(2)22(16)29-23(32)21-14-26-24(33-21)28-19-7-6-18-13-27-31(20(18)12-19)11-10-30-9-8-25-15-30/h3-9,12-15H,10-11H2,1-2H3,(H,26,28)(H,29,32). The van der Waals surface area contributed by atoms with Crippen LogP contribution in [0.3, 0.4) is 0 Å². The van der Waals surface area contributed by atoms with Crippen LogP contribution in [-0.2, 0) is 13.1 Å². The van der Waals surface area contributed by atoms with Gasteiger partial charge < -0.3 is 15.2 Å². The maximum atomic E-state index is 12.8. The molecule has 0 aliphatic carbocycles. The van der Waals surface area contributed by atoms with E-state index in [0.29, 0.717) is 10.0 Å². The summed E-state index contributed by atoms with van der Waals surface area (Å²) in [6.45, 7) is 5.50. The second-order valence-electron chi connectivity index (χ2n) is 7.82. The largest absolute Gasteiger partial charge is 0.336 e. The molecule has 0 aliphatic heterocycles. The summed E-state index contributed by atoms with van der Waals surface area (Å²) in [7, 11) is 0. The quantitative estimate of drug-likeness (QED) is 0.359. The first-order chi connectivity index (χ1) is 16.1. The van der Waals surface area contributed by atoms with Gasteiger partial charge >= 0.3 is 0 Å². The molecule has 0 atom stereocenters. The smallest absolute Gasteiger partial charge is 0.267 e. The van der Waals surface area contributed by atoms with Gasteiger partial charge in [-0.05, 0) is 43.2 Å². The van der Waals surface area contributed by atoms with Gasteiger partial charge in [0.2, 0.25) is 0 Å². The highest BCUT2D eigenvalue weighted by atomic mass is 32.1. The number of nitrogens with zero attached hydrogens (tertiary/aromatic N) is 5. The Morgan fingerprint density at radius 3 is 2.73 bits per heavy atom. The van der Waals surface area contributed by atoms with Crippen LogP contribution < -0.4 is 10.6 Å². The predicted octanol–water partition coefficient (Wildman–Crippen LogP) is 5.00. The Morgan fingerprint density at radius 2 is 1.94 bits per heavy atom. The van der Waals surface area contributed by atoms with E-state index in [9.17, 15) is 4.79 Å². The molecule has 2 N–H and O–H groups in total. The Bertz CT molecular complexity index is 1400. The molecule has 0 aliphatic rings. The van der Waals surface area contributed by atoms with E-state index in [1.807, 2.05) is 71.9 Å². The van der Waals surface area contributed by atoms with Crippen molar-refractivity contribution in [3.63, 3.8) is 0 Å². The molecule has 1 amide bonds. The minimum atomic E-state index is -0.161. The lowest BCUT2D eigenvalue weighted by Crippen LogP contribution is -2.12. The number of hydrogen-bond acceptors (Lipinski definition) is 6. The number of carbonyl (C=O) groups excluding carboxylic acids is 1. The number of aryl methyl sites for hydroxylation is 4. The van der Waals surface area contributed by atoms with Crippen LogP contribution in [-0.4, -0.2) is 30.2 Å². The second-order valence-corrected chi connectivity index (χ2v) is 8.85. The summed E-state index contributed by atoms with van der Waals surface area (Å²) in [6.07, 6.45) is 8.98. The van der Waals surface area contributed by atoms with Gasteiger partial charge in [-0.15, -0.1) is 0 Å². The third kappa shape index (κ3) is 4.49. The average molecular weight is 458 g/mol. The summed E-state index contributed by atoms with van der Waals surface area (Å²) in [5.41, 5.74) is 4.83. The Labute approximate surface area is 194 Å². The highest BCUT2D eigenvalue weighted by Crippen LogP contribution is 2.27. The van der Waals surface area contributed by atoms with E-state index in [-0.39, 0.29) is 5.91 Å². The van der Waals surface area contributed by atoms with E-state index < -0.39 is 0 Å². The number of anilines is 3. The van der Waals surface area contributed by atoms with Crippen LogP contribution in [0, 0.1) is 13.8 Å². The zero-order valence-electron chi connectivity index (χ0n) is 18.3. The first-order valence-electron chi connectivity index (χ1n) is 10.6. The number of rotatable bonds is 7. The number of amides is 1. The molecule has 5 aromatic rings. The van der Waals surface area contributed by atoms with Gasteiger partial charge in [0.25, 0.3) is 5.91 Å². The monoisotopic (exact) mass is 457 g/mol. The zero-order valence-corrected chi connectivity index (χ0v) is 19.1. The van der Waals surface area contributed by atoms with Crippen molar-refractivity contribution in [2.24, 2.45) is 0 Å². The van der Waals surface area contributed by atoms with Crippen LogP contribution >= 0.6 is 11.3 Å². The first kappa shape index (κ1) is 20.9. The van der Waals surface area contributed by atoms with Crippen LogP contribution in [0.4, 0.5) is 16.5 Å². The molecule has 0 spiro atoms. The van der Waals surface area contributed by atoms with Crippen molar-refractivity contribution in [2.75, 3.05) is 10.6 Å². The number of aromatic nitrogens is 5. The minimum Gasteiger partial charge on any atom is -0.336 e. The third-order valence-corrected chi connectivity index (χ3v) is 6.39. The van der Waals surface area contributed by atoms with Crippen molar-refractivity contribution in [2.45, 2.75) is 26.9 Å². The lowest BCUT2D eigenvalue weighted by Gasteiger charge is -2.10. The lowest BCUT2D eigenvalue weighted by atomic mass is 10.1. The third-order valence-electron chi connectivity index (χ3n) is 5.47. The van der Waals surface area contributed by atoms with Crippen LogP contribution in [0.25, 0.3) is 10.9 Å². The molecule has 0 fully saturated rings. The molecule has 166 valence electrons. The number of imidazole rings is 1. The summed E-state index contributed by atoms with van der Waals surface area (Å²) in [5, 5.41) is 12.6. The number of hydrogen-bond donors (Lipinski definition) is 2. The van der Waals surface area contributed by atoms with Gasteiger partial charge in [0, 0.05) is 35.7 Å². The predicted molar refractivity (Wildman–Crippen MR) is 131 cm³/mol. The number of nitrogens with one attached hydrogen (secondary N) is 2. The maximum Gasteiger partial charge on any atom is 0.267 e. The highest BCUT2D eigenvalue weighted by molar-refractivity contribution is 7.17. The van der Waals surface area contributed by atoms with Crippen molar-refractivity contribution in [3.05, 3.63) is 83.5 Å². The van der Waals surface area contributed by atoms with Gasteiger partial charge in [0.15, 0.2) is 5.13 Å². The van der Waals surface area contributed by atoms with Crippen molar-refractivity contribution in [3.8, 4) is 0 Å². The van der Waals surface area contributed by atoms with Crippen LogP contribution in [0.5, 0.6) is 0 Å². The molecular formula is C24H23N7OS.